The Kier molecular flexibility index (Phi) is 7.12. The number of para-hydroxylation sites is 2. The maximum absolute atomic E-state index is 6.23. The monoisotopic (exact) mass is 499 g/mol. The number of aromatic nitrogens is 2. The average Bonchev–Trinajstić information content (AvgIpc) is 3.19. The van der Waals surface area contributed by atoms with Crippen molar-refractivity contribution in [1.82, 2.24) is 15.3 Å². The van der Waals surface area contributed by atoms with Crippen LogP contribution in [0, 0.1) is 0 Å². The van der Waals surface area contributed by atoms with Gasteiger partial charge < -0.3 is 19.8 Å². The van der Waals surface area contributed by atoms with Crippen molar-refractivity contribution in [3.05, 3.63) is 87.1 Å². The van der Waals surface area contributed by atoms with Gasteiger partial charge in [0.25, 0.3) is 0 Å². The quantitative estimate of drug-likeness (QED) is 0.281. The number of hydrogen-bond donors (Lipinski definition) is 2. The van der Waals surface area contributed by atoms with Crippen LogP contribution in [0.4, 0.5) is 0 Å². The summed E-state index contributed by atoms with van der Waals surface area (Å²) in [7, 11) is 1.64. The van der Waals surface area contributed by atoms with E-state index in [0.717, 1.165) is 45.4 Å². The second kappa shape index (κ2) is 10.2. The summed E-state index contributed by atoms with van der Waals surface area (Å²) in [6, 6.07) is 19.7. The van der Waals surface area contributed by atoms with Gasteiger partial charge in [-0.25, -0.2) is 4.98 Å². The molecule has 7 heteroatoms. The molecule has 0 saturated heterocycles. The normalized spacial score (nSPS) is 11.1. The lowest BCUT2D eigenvalue weighted by Gasteiger charge is -2.15. The number of fused-ring (bicyclic) bond motifs is 1. The predicted octanol–water partition coefficient (Wildman–Crippen LogP) is 5.90. The molecule has 0 radical (unpaired) electrons. The fourth-order valence-electron chi connectivity index (χ4n) is 3.34. The highest BCUT2D eigenvalue weighted by Crippen LogP contribution is 2.37. The number of nitrogens with zero attached hydrogens (tertiary/aromatic N) is 1. The molecule has 31 heavy (non-hydrogen) atoms. The standard InChI is InChI=1S/C24H23BrClN3O2/c1-30-22-13-16(12-18(25)24(22)31-15-17-6-2-3-7-19(17)26)14-27-11-10-23-28-20-8-4-5-9-21(20)29-23/h2-9,12-13,27H,10-11,14-15H2,1H3,(H,28,29). The number of ether oxygens (including phenoxy) is 2. The van der Waals surface area contributed by atoms with Gasteiger partial charge in [0.1, 0.15) is 12.4 Å². The molecular formula is C24H23BrClN3O2. The average molecular weight is 501 g/mol. The highest BCUT2D eigenvalue weighted by atomic mass is 79.9. The molecule has 160 valence electrons. The molecule has 3 aromatic carbocycles. The molecule has 0 bridgehead atoms. The molecule has 0 aliphatic heterocycles. The first-order valence-corrected chi connectivity index (χ1v) is 11.2. The van der Waals surface area contributed by atoms with Crippen LogP contribution >= 0.6 is 27.5 Å². The lowest BCUT2D eigenvalue weighted by atomic mass is 10.2. The van der Waals surface area contributed by atoms with Crippen LogP contribution in [0.15, 0.2) is 65.1 Å². The van der Waals surface area contributed by atoms with E-state index >= 15 is 0 Å². The molecule has 0 unspecified atom stereocenters. The van der Waals surface area contributed by atoms with Gasteiger partial charge in [0, 0.05) is 30.1 Å². The smallest absolute Gasteiger partial charge is 0.175 e. The van der Waals surface area contributed by atoms with E-state index < -0.39 is 0 Å². The van der Waals surface area contributed by atoms with Gasteiger partial charge in [-0.15, -0.1) is 0 Å². The van der Waals surface area contributed by atoms with Crippen molar-refractivity contribution in [3.63, 3.8) is 0 Å². The van der Waals surface area contributed by atoms with Crippen LogP contribution in [-0.4, -0.2) is 23.6 Å². The Bertz CT molecular complexity index is 1150. The molecule has 1 heterocycles. The van der Waals surface area contributed by atoms with E-state index in [1.807, 2.05) is 60.7 Å². The first kappa shape index (κ1) is 21.7. The number of methoxy groups -OCH3 is 1. The number of benzene rings is 3. The van der Waals surface area contributed by atoms with E-state index in [1.54, 1.807) is 7.11 Å². The predicted molar refractivity (Wildman–Crippen MR) is 128 cm³/mol. The molecule has 1 aromatic heterocycles. The molecule has 0 aliphatic rings. The zero-order chi connectivity index (χ0) is 21.6. The second-order valence-corrected chi connectivity index (χ2v) is 8.38. The molecule has 0 fully saturated rings. The number of hydrogen-bond acceptors (Lipinski definition) is 4. The zero-order valence-corrected chi connectivity index (χ0v) is 19.5. The maximum Gasteiger partial charge on any atom is 0.175 e. The van der Waals surface area contributed by atoms with E-state index in [4.69, 9.17) is 21.1 Å². The lowest BCUT2D eigenvalue weighted by Crippen LogP contribution is -2.17. The molecule has 5 nitrogen and oxygen atoms in total. The maximum atomic E-state index is 6.23. The van der Waals surface area contributed by atoms with Gasteiger partial charge in [-0.05, 0) is 51.8 Å². The van der Waals surface area contributed by atoms with Crippen LogP contribution in [0.5, 0.6) is 11.5 Å². The van der Waals surface area contributed by atoms with Crippen molar-refractivity contribution in [2.75, 3.05) is 13.7 Å². The van der Waals surface area contributed by atoms with Gasteiger partial charge in [-0.1, -0.05) is 41.9 Å². The molecule has 0 amide bonds. The van der Waals surface area contributed by atoms with Gasteiger partial charge in [0.05, 0.1) is 22.6 Å². The lowest BCUT2D eigenvalue weighted by molar-refractivity contribution is 0.282. The van der Waals surface area contributed by atoms with Gasteiger partial charge in [-0.2, -0.15) is 0 Å². The van der Waals surface area contributed by atoms with Crippen molar-refractivity contribution in [1.29, 1.82) is 0 Å². The summed E-state index contributed by atoms with van der Waals surface area (Å²) in [6.07, 6.45) is 0.825. The molecule has 4 aromatic rings. The number of aromatic amines is 1. The topological polar surface area (TPSA) is 59.2 Å². The number of halogens is 2. The second-order valence-electron chi connectivity index (χ2n) is 7.12. The third-order valence-electron chi connectivity index (χ3n) is 4.93. The van der Waals surface area contributed by atoms with Gasteiger partial charge in [0.15, 0.2) is 11.5 Å². The molecule has 0 aliphatic carbocycles. The SMILES string of the molecule is COc1cc(CNCCc2nc3ccccc3[nH]2)cc(Br)c1OCc1ccccc1Cl. The summed E-state index contributed by atoms with van der Waals surface area (Å²) >= 11 is 9.84. The van der Waals surface area contributed by atoms with Crippen LogP contribution in [0.1, 0.15) is 17.0 Å². The fourth-order valence-corrected chi connectivity index (χ4v) is 4.14. The van der Waals surface area contributed by atoms with Crippen molar-refractivity contribution in [3.8, 4) is 11.5 Å². The molecule has 0 atom stereocenters. The summed E-state index contributed by atoms with van der Waals surface area (Å²) in [5.74, 6) is 2.32. The Morgan fingerprint density at radius 3 is 2.71 bits per heavy atom. The largest absolute Gasteiger partial charge is 0.493 e. The van der Waals surface area contributed by atoms with Crippen LogP contribution < -0.4 is 14.8 Å². The molecule has 2 N–H and O–H groups in total. The number of imidazole rings is 1. The van der Waals surface area contributed by atoms with E-state index in [-0.39, 0.29) is 0 Å². The Hall–Kier alpha value is -2.54. The van der Waals surface area contributed by atoms with Crippen LogP contribution in [-0.2, 0) is 19.6 Å². The first-order chi connectivity index (χ1) is 15.1. The van der Waals surface area contributed by atoms with Crippen LogP contribution in [0.25, 0.3) is 11.0 Å². The van der Waals surface area contributed by atoms with E-state index in [1.165, 1.54) is 0 Å². The molecule has 0 saturated carbocycles. The van der Waals surface area contributed by atoms with E-state index in [0.29, 0.717) is 29.7 Å². The molecule has 4 rings (SSSR count). The highest BCUT2D eigenvalue weighted by molar-refractivity contribution is 9.10. The Labute approximate surface area is 194 Å². The minimum absolute atomic E-state index is 0.365. The Morgan fingerprint density at radius 1 is 1.10 bits per heavy atom. The van der Waals surface area contributed by atoms with Crippen molar-refractivity contribution >= 4 is 38.6 Å². The van der Waals surface area contributed by atoms with E-state index in [9.17, 15) is 0 Å². The minimum Gasteiger partial charge on any atom is -0.493 e. The van der Waals surface area contributed by atoms with Gasteiger partial charge in [0.2, 0.25) is 0 Å². The van der Waals surface area contributed by atoms with Crippen LogP contribution in [0.3, 0.4) is 0 Å². The molecule has 0 spiro atoms. The zero-order valence-electron chi connectivity index (χ0n) is 17.1. The summed E-state index contributed by atoms with van der Waals surface area (Å²) in [5, 5.41) is 4.15. The van der Waals surface area contributed by atoms with Crippen molar-refractivity contribution in [2.24, 2.45) is 0 Å². The van der Waals surface area contributed by atoms with Crippen molar-refractivity contribution < 1.29 is 9.47 Å². The number of rotatable bonds is 9. The fraction of sp³-hybridized carbons (Fsp3) is 0.208. The molecular weight excluding hydrogens is 478 g/mol. The van der Waals surface area contributed by atoms with Crippen molar-refractivity contribution in [2.45, 2.75) is 19.6 Å². The Balaban J connectivity index is 1.35. The minimum atomic E-state index is 0.365. The summed E-state index contributed by atoms with van der Waals surface area (Å²) in [5.41, 5.74) is 4.09. The van der Waals surface area contributed by atoms with E-state index in [2.05, 4.69) is 31.2 Å². The number of nitrogens with one attached hydrogen (secondary N) is 2. The number of H-pyrrole nitrogens is 1. The van der Waals surface area contributed by atoms with Crippen LogP contribution in [0.2, 0.25) is 5.02 Å². The summed E-state index contributed by atoms with van der Waals surface area (Å²) < 4.78 is 12.4. The highest BCUT2D eigenvalue weighted by Gasteiger charge is 2.13. The third kappa shape index (κ3) is 5.39. The third-order valence-corrected chi connectivity index (χ3v) is 5.88. The van der Waals surface area contributed by atoms with Gasteiger partial charge in [-0.3, -0.25) is 0 Å². The first-order valence-electron chi connectivity index (χ1n) is 10.0. The Morgan fingerprint density at radius 2 is 1.90 bits per heavy atom. The summed E-state index contributed by atoms with van der Waals surface area (Å²) in [6.45, 7) is 1.88. The van der Waals surface area contributed by atoms with Gasteiger partial charge >= 0.3 is 0 Å². The summed E-state index contributed by atoms with van der Waals surface area (Å²) in [4.78, 5) is 7.97.